The van der Waals surface area contributed by atoms with E-state index in [1.54, 1.807) is 19.0 Å². The van der Waals surface area contributed by atoms with Crippen LogP contribution in [0.3, 0.4) is 0 Å². The Hall–Kier alpha value is -3.71. The van der Waals surface area contributed by atoms with Gasteiger partial charge in [0.05, 0.1) is 0 Å². The number of fused-ring (bicyclic) bond motifs is 1. The highest BCUT2D eigenvalue weighted by Gasteiger charge is 2.24. The Morgan fingerprint density at radius 1 is 1.02 bits per heavy atom. The van der Waals surface area contributed by atoms with Crippen molar-refractivity contribution >= 4 is 22.8 Å². The maximum atomic E-state index is 12.3. The van der Waals surface area contributed by atoms with Gasteiger partial charge in [0.25, 0.3) is 5.91 Å². The molecule has 1 aliphatic rings. The first-order valence-corrected chi connectivity index (χ1v) is 14.3. The Kier molecular flexibility index (Phi) is 7.95. The molecule has 4 heterocycles. The standard InChI is InChI=1S/C33H42N6O/c1-33(2,3)22-39-27(19-29-28(13-16-35-31(29)39)26-11-12-30(34-4)36-20-26)21-38-17-14-24(15-18-38)23-7-9-25(10-8-23)32(40)37(5)6/h7-13,16,19-20,24H,14-15,17-18,21-22H2,1-6H3,(H,34,36). The number of hydrogen-bond donors (Lipinski definition) is 1. The van der Waals surface area contributed by atoms with Crippen LogP contribution in [0, 0.1) is 5.41 Å². The van der Waals surface area contributed by atoms with Gasteiger partial charge in [0, 0.05) is 68.8 Å². The molecule has 0 saturated carbocycles. The fourth-order valence-corrected chi connectivity index (χ4v) is 5.74. The number of nitrogens with one attached hydrogen (secondary N) is 1. The molecule has 1 saturated heterocycles. The largest absolute Gasteiger partial charge is 0.373 e. The SMILES string of the molecule is CNc1ccc(-c2ccnc3c2cc(CN2CCC(c4ccc(C(=O)N(C)C)cc4)CC2)n3CC(C)(C)C)cn1. The summed E-state index contributed by atoms with van der Waals surface area (Å²) in [6, 6.07) is 16.8. The van der Waals surface area contributed by atoms with E-state index >= 15 is 0 Å². The van der Waals surface area contributed by atoms with Gasteiger partial charge in [-0.25, -0.2) is 9.97 Å². The van der Waals surface area contributed by atoms with Gasteiger partial charge >= 0.3 is 0 Å². The van der Waals surface area contributed by atoms with Gasteiger partial charge in [-0.05, 0) is 84.8 Å². The Balaban J connectivity index is 1.36. The van der Waals surface area contributed by atoms with Gasteiger partial charge in [0.2, 0.25) is 0 Å². The maximum absolute atomic E-state index is 12.3. The summed E-state index contributed by atoms with van der Waals surface area (Å²) in [4.78, 5) is 25.9. The number of anilines is 1. The van der Waals surface area contributed by atoms with Crippen LogP contribution in [-0.4, -0.2) is 64.5 Å². The van der Waals surface area contributed by atoms with Gasteiger partial charge in [-0.3, -0.25) is 9.69 Å². The number of hydrogen-bond acceptors (Lipinski definition) is 5. The molecule has 1 fully saturated rings. The minimum Gasteiger partial charge on any atom is -0.373 e. The van der Waals surface area contributed by atoms with E-state index in [4.69, 9.17) is 4.98 Å². The normalized spacial score (nSPS) is 14.9. The van der Waals surface area contributed by atoms with E-state index in [-0.39, 0.29) is 11.3 Å². The lowest BCUT2D eigenvalue weighted by Crippen LogP contribution is -2.33. The highest BCUT2D eigenvalue weighted by Crippen LogP contribution is 2.34. The van der Waals surface area contributed by atoms with Crippen molar-refractivity contribution in [3.63, 3.8) is 0 Å². The Morgan fingerprint density at radius 2 is 1.75 bits per heavy atom. The number of rotatable bonds is 7. The van der Waals surface area contributed by atoms with Crippen LogP contribution in [0.4, 0.5) is 5.82 Å². The van der Waals surface area contributed by atoms with E-state index in [0.717, 1.165) is 61.6 Å². The summed E-state index contributed by atoms with van der Waals surface area (Å²) in [7, 11) is 5.48. The van der Waals surface area contributed by atoms with Crippen LogP contribution >= 0.6 is 0 Å². The summed E-state index contributed by atoms with van der Waals surface area (Å²) in [5.74, 6) is 1.44. The van der Waals surface area contributed by atoms with Gasteiger partial charge in [0.1, 0.15) is 11.5 Å². The average Bonchev–Trinajstić information content (AvgIpc) is 3.28. The maximum Gasteiger partial charge on any atom is 0.253 e. The third-order valence-corrected chi connectivity index (χ3v) is 7.85. The number of aromatic nitrogens is 3. The van der Waals surface area contributed by atoms with Crippen LogP contribution in [0.2, 0.25) is 0 Å². The Morgan fingerprint density at radius 3 is 2.35 bits per heavy atom. The molecule has 0 spiro atoms. The summed E-state index contributed by atoms with van der Waals surface area (Å²) in [5.41, 5.74) is 6.84. The molecule has 1 aromatic carbocycles. The highest BCUT2D eigenvalue weighted by molar-refractivity contribution is 5.94. The smallest absolute Gasteiger partial charge is 0.253 e. The van der Waals surface area contributed by atoms with Crippen molar-refractivity contribution in [2.24, 2.45) is 5.41 Å². The Bertz CT molecular complexity index is 1460. The molecule has 0 aliphatic carbocycles. The molecule has 0 radical (unpaired) electrons. The van der Waals surface area contributed by atoms with Crippen LogP contribution in [0.1, 0.15) is 61.1 Å². The van der Waals surface area contributed by atoms with Crippen molar-refractivity contribution in [2.75, 3.05) is 39.5 Å². The number of piperidine rings is 1. The molecule has 0 unspecified atom stereocenters. The molecule has 3 aromatic heterocycles. The van der Waals surface area contributed by atoms with Crippen molar-refractivity contribution in [3.8, 4) is 11.1 Å². The topological polar surface area (TPSA) is 66.3 Å². The molecule has 210 valence electrons. The molecule has 7 nitrogen and oxygen atoms in total. The fourth-order valence-electron chi connectivity index (χ4n) is 5.74. The number of nitrogens with zero attached hydrogens (tertiary/aromatic N) is 5. The van der Waals surface area contributed by atoms with Crippen molar-refractivity contribution in [1.82, 2.24) is 24.3 Å². The molecule has 7 heteroatoms. The van der Waals surface area contributed by atoms with Crippen LogP contribution in [0.5, 0.6) is 0 Å². The minimum atomic E-state index is 0.0518. The first-order chi connectivity index (χ1) is 19.1. The zero-order valence-corrected chi connectivity index (χ0v) is 24.7. The van der Waals surface area contributed by atoms with Crippen molar-refractivity contribution in [2.45, 2.75) is 52.6 Å². The summed E-state index contributed by atoms with van der Waals surface area (Å²) in [6.45, 7) is 10.8. The molecule has 4 aromatic rings. The van der Waals surface area contributed by atoms with E-state index in [1.807, 2.05) is 37.6 Å². The van der Waals surface area contributed by atoms with Gasteiger partial charge in [-0.15, -0.1) is 0 Å². The zero-order chi connectivity index (χ0) is 28.4. The number of carbonyl (C=O) groups is 1. The van der Waals surface area contributed by atoms with E-state index < -0.39 is 0 Å². The monoisotopic (exact) mass is 538 g/mol. The molecule has 0 atom stereocenters. The first-order valence-electron chi connectivity index (χ1n) is 14.3. The van der Waals surface area contributed by atoms with Crippen LogP contribution in [-0.2, 0) is 13.1 Å². The van der Waals surface area contributed by atoms with E-state index in [2.05, 4.69) is 70.9 Å². The first kappa shape index (κ1) is 27.8. The van der Waals surface area contributed by atoms with Gasteiger partial charge in [-0.2, -0.15) is 0 Å². The molecular weight excluding hydrogens is 496 g/mol. The number of pyridine rings is 2. The van der Waals surface area contributed by atoms with Crippen molar-refractivity contribution in [3.05, 3.63) is 77.7 Å². The lowest BCUT2D eigenvalue weighted by atomic mass is 9.89. The lowest BCUT2D eigenvalue weighted by Gasteiger charge is -2.33. The van der Waals surface area contributed by atoms with Gasteiger partial charge < -0.3 is 14.8 Å². The van der Waals surface area contributed by atoms with Crippen molar-refractivity contribution < 1.29 is 4.79 Å². The van der Waals surface area contributed by atoms with E-state index in [9.17, 15) is 4.79 Å². The summed E-state index contributed by atoms with van der Waals surface area (Å²) in [5, 5.41) is 4.29. The zero-order valence-electron chi connectivity index (χ0n) is 24.7. The average molecular weight is 539 g/mol. The number of likely N-dealkylation sites (tertiary alicyclic amines) is 1. The quantitative estimate of drug-likeness (QED) is 0.301. The lowest BCUT2D eigenvalue weighted by molar-refractivity contribution is 0.0827. The minimum absolute atomic E-state index is 0.0518. The highest BCUT2D eigenvalue weighted by atomic mass is 16.2. The summed E-state index contributed by atoms with van der Waals surface area (Å²) < 4.78 is 2.43. The summed E-state index contributed by atoms with van der Waals surface area (Å²) in [6.07, 6.45) is 6.10. The number of carbonyl (C=O) groups excluding carboxylic acids is 1. The molecule has 5 rings (SSSR count). The second kappa shape index (κ2) is 11.4. The van der Waals surface area contributed by atoms with E-state index in [0.29, 0.717) is 5.92 Å². The second-order valence-electron chi connectivity index (χ2n) is 12.4. The second-order valence-corrected chi connectivity index (χ2v) is 12.4. The van der Waals surface area contributed by atoms with Crippen LogP contribution < -0.4 is 5.32 Å². The molecular formula is C33H42N6O. The molecule has 0 bridgehead atoms. The summed E-state index contributed by atoms with van der Waals surface area (Å²) >= 11 is 0. The van der Waals surface area contributed by atoms with Gasteiger partial charge in [0.15, 0.2) is 0 Å². The predicted octanol–water partition coefficient (Wildman–Crippen LogP) is 6.27. The molecule has 1 amide bonds. The predicted molar refractivity (Wildman–Crippen MR) is 164 cm³/mol. The number of benzene rings is 1. The third kappa shape index (κ3) is 6.04. The van der Waals surface area contributed by atoms with E-state index in [1.165, 1.54) is 22.2 Å². The number of amides is 1. The van der Waals surface area contributed by atoms with Crippen LogP contribution in [0.25, 0.3) is 22.2 Å². The molecule has 40 heavy (non-hydrogen) atoms. The van der Waals surface area contributed by atoms with Crippen LogP contribution in [0.15, 0.2) is 60.9 Å². The third-order valence-electron chi connectivity index (χ3n) is 7.85. The van der Waals surface area contributed by atoms with Crippen molar-refractivity contribution in [1.29, 1.82) is 0 Å². The fraction of sp³-hybridized carbons (Fsp3) is 0.424. The molecule has 1 N–H and O–H groups in total. The van der Waals surface area contributed by atoms with Gasteiger partial charge in [-0.1, -0.05) is 32.9 Å². The molecule has 1 aliphatic heterocycles. The Labute approximate surface area is 238 Å².